The number of rotatable bonds is 5. The Hall–Kier alpha value is -0.380. The van der Waals surface area contributed by atoms with E-state index >= 15 is 0 Å². The highest BCUT2D eigenvalue weighted by Crippen LogP contribution is 2.16. The third-order valence-electron chi connectivity index (χ3n) is 2.51. The average molecular weight is 185 g/mol. The van der Waals surface area contributed by atoms with Gasteiger partial charge in [-0.15, -0.1) is 0 Å². The fraction of sp³-hybridized carbons (Fsp3) is 0.800. The highest BCUT2D eigenvalue weighted by molar-refractivity contribution is 4.90. The van der Waals surface area contributed by atoms with Gasteiger partial charge in [0.15, 0.2) is 0 Å². The minimum absolute atomic E-state index is 0.0130. The van der Waals surface area contributed by atoms with Crippen LogP contribution in [0, 0.1) is 5.92 Å². The van der Waals surface area contributed by atoms with Crippen molar-refractivity contribution in [1.82, 2.24) is 5.32 Å². The number of aliphatic hydroxyl groups is 2. The summed E-state index contributed by atoms with van der Waals surface area (Å²) in [6.07, 6.45) is 7.92. The molecular weight excluding hydrogens is 166 g/mol. The Morgan fingerprint density at radius 1 is 1.31 bits per heavy atom. The lowest BCUT2D eigenvalue weighted by molar-refractivity contribution is 0.166. The van der Waals surface area contributed by atoms with Crippen LogP contribution in [0.15, 0.2) is 12.2 Å². The second-order valence-electron chi connectivity index (χ2n) is 3.62. The molecule has 0 saturated carbocycles. The van der Waals surface area contributed by atoms with Gasteiger partial charge in [0.2, 0.25) is 0 Å². The van der Waals surface area contributed by atoms with Crippen molar-refractivity contribution in [2.45, 2.75) is 25.3 Å². The third kappa shape index (κ3) is 3.89. The van der Waals surface area contributed by atoms with Crippen molar-refractivity contribution in [2.24, 2.45) is 5.92 Å². The second-order valence-corrected chi connectivity index (χ2v) is 3.62. The normalized spacial score (nSPS) is 22.5. The van der Waals surface area contributed by atoms with Crippen molar-refractivity contribution >= 4 is 0 Å². The smallest absolute Gasteiger partial charge is 0.0607 e. The number of nitrogens with one attached hydrogen (secondary N) is 1. The first-order chi connectivity index (χ1) is 6.36. The van der Waals surface area contributed by atoms with Crippen LogP contribution in [0.1, 0.15) is 19.3 Å². The van der Waals surface area contributed by atoms with Crippen LogP contribution in [-0.2, 0) is 0 Å². The van der Waals surface area contributed by atoms with Gasteiger partial charge >= 0.3 is 0 Å². The Bertz CT molecular complexity index is 155. The summed E-state index contributed by atoms with van der Waals surface area (Å²) in [4.78, 5) is 0. The van der Waals surface area contributed by atoms with Crippen molar-refractivity contribution in [2.75, 3.05) is 19.8 Å². The van der Waals surface area contributed by atoms with E-state index < -0.39 is 0 Å². The second kappa shape index (κ2) is 6.13. The molecule has 0 radical (unpaired) electrons. The van der Waals surface area contributed by atoms with Crippen LogP contribution in [0.5, 0.6) is 0 Å². The van der Waals surface area contributed by atoms with Gasteiger partial charge in [-0.25, -0.2) is 0 Å². The summed E-state index contributed by atoms with van der Waals surface area (Å²) in [7, 11) is 0. The van der Waals surface area contributed by atoms with Crippen LogP contribution in [0.3, 0.4) is 0 Å². The molecule has 76 valence electrons. The summed E-state index contributed by atoms with van der Waals surface area (Å²) in [5.41, 5.74) is 0. The molecule has 1 aliphatic rings. The van der Waals surface area contributed by atoms with E-state index in [1.807, 2.05) is 0 Å². The molecule has 0 unspecified atom stereocenters. The molecule has 3 N–H and O–H groups in total. The van der Waals surface area contributed by atoms with Crippen LogP contribution < -0.4 is 5.32 Å². The van der Waals surface area contributed by atoms with Gasteiger partial charge in [0.05, 0.1) is 19.3 Å². The summed E-state index contributed by atoms with van der Waals surface area (Å²) < 4.78 is 0. The van der Waals surface area contributed by atoms with Gasteiger partial charge in [-0.2, -0.15) is 0 Å². The molecule has 0 heterocycles. The quantitative estimate of drug-likeness (QED) is 0.539. The van der Waals surface area contributed by atoms with Gasteiger partial charge in [-0.05, 0) is 31.7 Å². The summed E-state index contributed by atoms with van der Waals surface area (Å²) in [6.45, 7) is 0.925. The molecule has 0 fully saturated rings. The molecule has 13 heavy (non-hydrogen) atoms. The zero-order valence-corrected chi connectivity index (χ0v) is 7.95. The van der Waals surface area contributed by atoms with Crippen molar-refractivity contribution in [3.8, 4) is 0 Å². The fourth-order valence-electron chi connectivity index (χ4n) is 1.56. The van der Waals surface area contributed by atoms with Crippen LogP contribution in [0.25, 0.3) is 0 Å². The van der Waals surface area contributed by atoms with Crippen LogP contribution in [0.4, 0.5) is 0 Å². The molecule has 0 aromatic heterocycles. The third-order valence-corrected chi connectivity index (χ3v) is 2.51. The largest absolute Gasteiger partial charge is 0.395 e. The van der Waals surface area contributed by atoms with Crippen LogP contribution in [-0.4, -0.2) is 36.0 Å². The maximum Gasteiger partial charge on any atom is 0.0607 e. The van der Waals surface area contributed by atoms with E-state index in [0.717, 1.165) is 19.4 Å². The minimum Gasteiger partial charge on any atom is -0.395 e. The zero-order chi connectivity index (χ0) is 9.52. The van der Waals surface area contributed by atoms with E-state index in [-0.39, 0.29) is 19.3 Å². The van der Waals surface area contributed by atoms with Gasteiger partial charge in [-0.1, -0.05) is 12.2 Å². The van der Waals surface area contributed by atoms with E-state index in [0.29, 0.717) is 5.92 Å². The molecule has 3 nitrogen and oxygen atoms in total. The molecule has 0 spiro atoms. The van der Waals surface area contributed by atoms with E-state index in [2.05, 4.69) is 17.5 Å². The Labute approximate surface area is 79.5 Å². The van der Waals surface area contributed by atoms with Gasteiger partial charge < -0.3 is 15.5 Å². The first kappa shape index (κ1) is 10.7. The van der Waals surface area contributed by atoms with Crippen molar-refractivity contribution in [3.63, 3.8) is 0 Å². The minimum atomic E-state index is -0.147. The van der Waals surface area contributed by atoms with Gasteiger partial charge in [0.25, 0.3) is 0 Å². The van der Waals surface area contributed by atoms with Gasteiger partial charge in [-0.3, -0.25) is 0 Å². The van der Waals surface area contributed by atoms with Crippen molar-refractivity contribution in [1.29, 1.82) is 0 Å². The molecule has 1 atom stereocenters. The molecule has 1 rings (SSSR count). The molecule has 0 amide bonds. The van der Waals surface area contributed by atoms with Crippen LogP contribution >= 0.6 is 0 Å². The lowest BCUT2D eigenvalue weighted by atomic mass is 9.94. The SMILES string of the molecule is OCC(CO)NC[C@H]1CC=CCC1. The molecule has 0 aliphatic heterocycles. The highest BCUT2D eigenvalue weighted by Gasteiger charge is 2.11. The van der Waals surface area contributed by atoms with E-state index in [9.17, 15) is 0 Å². The van der Waals surface area contributed by atoms with E-state index in [1.165, 1.54) is 6.42 Å². The van der Waals surface area contributed by atoms with Gasteiger partial charge in [0, 0.05) is 0 Å². The maximum atomic E-state index is 8.82. The number of hydrogen-bond donors (Lipinski definition) is 3. The Morgan fingerprint density at radius 2 is 2.08 bits per heavy atom. The number of hydrogen-bond acceptors (Lipinski definition) is 3. The van der Waals surface area contributed by atoms with Crippen molar-refractivity contribution < 1.29 is 10.2 Å². The van der Waals surface area contributed by atoms with E-state index in [1.54, 1.807) is 0 Å². The molecule has 0 saturated heterocycles. The summed E-state index contributed by atoms with van der Waals surface area (Å²) in [6, 6.07) is -0.147. The predicted octanol–water partition coefficient (Wildman–Crippen LogP) is 0.285. The Kier molecular flexibility index (Phi) is 5.05. The monoisotopic (exact) mass is 185 g/mol. The van der Waals surface area contributed by atoms with Gasteiger partial charge in [0.1, 0.15) is 0 Å². The standard InChI is InChI=1S/C10H19NO2/c12-7-10(8-13)11-6-9-4-2-1-3-5-9/h1-2,9-13H,3-8H2/t9-/m0/s1. The molecule has 0 bridgehead atoms. The number of allylic oxidation sites excluding steroid dienone is 2. The topological polar surface area (TPSA) is 52.5 Å². The first-order valence-corrected chi connectivity index (χ1v) is 4.97. The summed E-state index contributed by atoms with van der Waals surface area (Å²) in [5.74, 6) is 0.672. The number of aliphatic hydroxyl groups excluding tert-OH is 2. The average Bonchev–Trinajstić information content (AvgIpc) is 2.21. The lowest BCUT2D eigenvalue weighted by Gasteiger charge is -2.21. The molecule has 0 aromatic carbocycles. The molecular formula is C10H19NO2. The fourth-order valence-corrected chi connectivity index (χ4v) is 1.56. The zero-order valence-electron chi connectivity index (χ0n) is 7.95. The van der Waals surface area contributed by atoms with E-state index in [4.69, 9.17) is 10.2 Å². The Morgan fingerprint density at radius 3 is 2.62 bits per heavy atom. The first-order valence-electron chi connectivity index (χ1n) is 4.97. The lowest BCUT2D eigenvalue weighted by Crippen LogP contribution is -2.38. The Balaban J connectivity index is 2.13. The molecule has 3 heteroatoms. The predicted molar refractivity (Wildman–Crippen MR) is 52.4 cm³/mol. The summed E-state index contributed by atoms with van der Waals surface area (Å²) in [5, 5.41) is 20.8. The summed E-state index contributed by atoms with van der Waals surface area (Å²) >= 11 is 0. The maximum absolute atomic E-state index is 8.82. The van der Waals surface area contributed by atoms with Crippen molar-refractivity contribution in [3.05, 3.63) is 12.2 Å². The molecule has 1 aliphatic carbocycles. The molecule has 0 aromatic rings. The van der Waals surface area contributed by atoms with Crippen LogP contribution in [0.2, 0.25) is 0 Å². The highest BCUT2D eigenvalue weighted by atomic mass is 16.3.